The van der Waals surface area contributed by atoms with Gasteiger partial charge in [0.2, 0.25) is 0 Å². The number of nitrogens with zero attached hydrogens (tertiary/aromatic N) is 1. The van der Waals surface area contributed by atoms with E-state index in [-0.39, 0.29) is 18.6 Å². The summed E-state index contributed by atoms with van der Waals surface area (Å²) < 4.78 is 0. The van der Waals surface area contributed by atoms with Crippen LogP contribution in [0.15, 0.2) is 24.3 Å². The molecule has 1 atom stereocenters. The van der Waals surface area contributed by atoms with E-state index in [9.17, 15) is 4.79 Å². The summed E-state index contributed by atoms with van der Waals surface area (Å²) in [7, 11) is 0. The molecule has 1 rings (SSSR count). The van der Waals surface area contributed by atoms with E-state index >= 15 is 0 Å². The van der Waals surface area contributed by atoms with Crippen molar-refractivity contribution in [2.75, 3.05) is 6.61 Å². The zero-order valence-corrected chi connectivity index (χ0v) is 10.5. The van der Waals surface area contributed by atoms with Gasteiger partial charge in [0.05, 0.1) is 12.7 Å². The molecular weight excluding hydrogens is 228 g/mol. The van der Waals surface area contributed by atoms with E-state index in [0.29, 0.717) is 12.0 Å². The van der Waals surface area contributed by atoms with E-state index in [1.807, 2.05) is 18.2 Å². The van der Waals surface area contributed by atoms with Gasteiger partial charge in [-0.2, -0.15) is 5.26 Å². The summed E-state index contributed by atoms with van der Waals surface area (Å²) in [6, 6.07) is 9.21. The van der Waals surface area contributed by atoms with Gasteiger partial charge in [-0.25, -0.2) is 0 Å². The van der Waals surface area contributed by atoms with Crippen LogP contribution in [0.1, 0.15) is 35.7 Å². The number of carbonyl (C=O) groups is 1. The van der Waals surface area contributed by atoms with Crippen molar-refractivity contribution in [2.24, 2.45) is 0 Å². The van der Waals surface area contributed by atoms with Crippen molar-refractivity contribution >= 4 is 5.91 Å². The molecule has 1 amide bonds. The van der Waals surface area contributed by atoms with Crippen molar-refractivity contribution in [3.8, 4) is 6.07 Å². The predicted octanol–water partition coefficient (Wildman–Crippen LogP) is 1.64. The molecule has 1 aromatic carbocycles. The largest absolute Gasteiger partial charge is 0.394 e. The van der Waals surface area contributed by atoms with Gasteiger partial charge in [0, 0.05) is 18.0 Å². The van der Waals surface area contributed by atoms with E-state index in [1.54, 1.807) is 13.0 Å². The Labute approximate surface area is 107 Å². The summed E-state index contributed by atoms with van der Waals surface area (Å²) in [5.41, 5.74) is 1.64. The summed E-state index contributed by atoms with van der Waals surface area (Å²) in [4.78, 5) is 11.8. The molecule has 0 fully saturated rings. The molecule has 2 N–H and O–H groups in total. The van der Waals surface area contributed by atoms with E-state index < -0.39 is 0 Å². The van der Waals surface area contributed by atoms with Crippen molar-refractivity contribution in [2.45, 2.75) is 32.2 Å². The van der Waals surface area contributed by atoms with Gasteiger partial charge in [-0.05, 0) is 37.5 Å². The third-order valence-corrected chi connectivity index (χ3v) is 2.59. The van der Waals surface area contributed by atoms with Gasteiger partial charge >= 0.3 is 0 Å². The van der Waals surface area contributed by atoms with E-state index in [1.165, 1.54) is 0 Å². The molecular formula is C14H18N2O2. The second-order valence-electron chi connectivity index (χ2n) is 4.27. The fourth-order valence-corrected chi connectivity index (χ4v) is 1.59. The van der Waals surface area contributed by atoms with Gasteiger partial charge in [0.15, 0.2) is 0 Å². The van der Waals surface area contributed by atoms with Gasteiger partial charge in [0.1, 0.15) is 0 Å². The number of nitrogens with one attached hydrogen (secondary N) is 1. The molecule has 0 heterocycles. The minimum absolute atomic E-state index is 0.0758. The van der Waals surface area contributed by atoms with Gasteiger partial charge in [-0.15, -0.1) is 0 Å². The number of amides is 1. The number of aliphatic hydroxyl groups excluding tert-OH is 1. The zero-order chi connectivity index (χ0) is 13.4. The Morgan fingerprint density at radius 3 is 3.00 bits per heavy atom. The number of hydrogen-bond acceptors (Lipinski definition) is 3. The Bertz CT molecular complexity index is 438. The minimum Gasteiger partial charge on any atom is -0.394 e. The summed E-state index contributed by atoms with van der Waals surface area (Å²) in [6.45, 7) is 1.67. The molecule has 0 spiro atoms. The molecule has 0 saturated carbocycles. The van der Waals surface area contributed by atoms with E-state index in [2.05, 4.69) is 11.4 Å². The molecule has 0 aliphatic rings. The normalized spacial score (nSPS) is 11.6. The fraction of sp³-hybridized carbons (Fsp3) is 0.429. The fourth-order valence-electron chi connectivity index (χ4n) is 1.59. The highest BCUT2D eigenvalue weighted by Gasteiger charge is 2.09. The second-order valence-corrected chi connectivity index (χ2v) is 4.27. The van der Waals surface area contributed by atoms with Crippen LogP contribution in [0.2, 0.25) is 0 Å². The first-order valence-corrected chi connectivity index (χ1v) is 6.05. The van der Waals surface area contributed by atoms with Crippen LogP contribution >= 0.6 is 0 Å². The molecule has 0 bridgehead atoms. The highest BCUT2D eigenvalue weighted by atomic mass is 16.3. The smallest absolute Gasteiger partial charge is 0.251 e. The van der Waals surface area contributed by atoms with Gasteiger partial charge in [0.25, 0.3) is 5.91 Å². The minimum atomic E-state index is -0.250. The zero-order valence-electron chi connectivity index (χ0n) is 10.5. The lowest BCUT2D eigenvalue weighted by molar-refractivity contribution is 0.0922. The third-order valence-electron chi connectivity index (χ3n) is 2.59. The first-order chi connectivity index (χ1) is 8.67. The molecule has 0 radical (unpaired) electrons. The van der Waals surface area contributed by atoms with Crippen molar-refractivity contribution in [1.29, 1.82) is 5.26 Å². The summed E-state index contributed by atoms with van der Waals surface area (Å²) in [5, 5.41) is 20.1. The summed E-state index contributed by atoms with van der Waals surface area (Å²) >= 11 is 0. The van der Waals surface area contributed by atoms with Crippen LogP contribution in [0.4, 0.5) is 0 Å². The Morgan fingerprint density at radius 1 is 1.56 bits per heavy atom. The average molecular weight is 246 g/mol. The van der Waals surface area contributed by atoms with Gasteiger partial charge in [-0.3, -0.25) is 4.79 Å². The highest BCUT2D eigenvalue weighted by Crippen LogP contribution is 2.09. The maximum absolute atomic E-state index is 11.8. The van der Waals surface area contributed by atoms with Crippen LogP contribution < -0.4 is 5.32 Å². The van der Waals surface area contributed by atoms with Crippen LogP contribution in [0.5, 0.6) is 0 Å². The van der Waals surface area contributed by atoms with Crippen LogP contribution in [-0.2, 0) is 6.42 Å². The number of carbonyl (C=O) groups excluding carboxylic acids is 1. The van der Waals surface area contributed by atoms with Crippen LogP contribution in [-0.4, -0.2) is 23.7 Å². The molecule has 0 aliphatic carbocycles. The molecule has 4 heteroatoms. The van der Waals surface area contributed by atoms with Gasteiger partial charge in [-0.1, -0.05) is 12.1 Å². The quantitative estimate of drug-likeness (QED) is 0.749. The maximum atomic E-state index is 11.8. The summed E-state index contributed by atoms with van der Waals surface area (Å²) in [5.74, 6) is -0.182. The first-order valence-electron chi connectivity index (χ1n) is 6.05. The number of unbranched alkanes of at least 4 members (excludes halogenated alkanes) is 1. The lowest BCUT2D eigenvalue weighted by atomic mass is 10.0. The van der Waals surface area contributed by atoms with Crippen molar-refractivity contribution in [3.63, 3.8) is 0 Å². The molecule has 0 aliphatic heterocycles. The molecule has 96 valence electrons. The third kappa shape index (κ3) is 4.56. The monoisotopic (exact) mass is 246 g/mol. The van der Waals surface area contributed by atoms with Crippen molar-refractivity contribution in [1.82, 2.24) is 5.32 Å². The van der Waals surface area contributed by atoms with E-state index in [4.69, 9.17) is 10.4 Å². The van der Waals surface area contributed by atoms with Crippen LogP contribution in [0.25, 0.3) is 0 Å². The number of aliphatic hydroxyl groups is 1. The molecule has 4 nitrogen and oxygen atoms in total. The van der Waals surface area contributed by atoms with Crippen molar-refractivity contribution < 1.29 is 9.90 Å². The topological polar surface area (TPSA) is 73.1 Å². The predicted molar refractivity (Wildman–Crippen MR) is 69.0 cm³/mol. The molecule has 0 saturated heterocycles. The van der Waals surface area contributed by atoms with Crippen molar-refractivity contribution in [3.05, 3.63) is 35.4 Å². The second kappa shape index (κ2) is 7.46. The highest BCUT2D eigenvalue weighted by molar-refractivity contribution is 5.94. The molecule has 1 unspecified atom stereocenters. The molecule has 18 heavy (non-hydrogen) atoms. The molecule has 1 aromatic rings. The average Bonchev–Trinajstić information content (AvgIpc) is 2.39. The lowest BCUT2D eigenvalue weighted by Crippen LogP contribution is -2.34. The van der Waals surface area contributed by atoms with Crippen LogP contribution in [0, 0.1) is 11.3 Å². The molecule has 0 aromatic heterocycles. The number of rotatable bonds is 6. The first kappa shape index (κ1) is 14.2. The number of hydrogen-bond donors (Lipinski definition) is 2. The lowest BCUT2D eigenvalue weighted by Gasteiger charge is -2.11. The number of nitriles is 1. The van der Waals surface area contributed by atoms with Gasteiger partial charge < -0.3 is 10.4 Å². The van der Waals surface area contributed by atoms with E-state index in [0.717, 1.165) is 18.4 Å². The Morgan fingerprint density at radius 2 is 2.33 bits per heavy atom. The van der Waals surface area contributed by atoms with Crippen LogP contribution in [0.3, 0.4) is 0 Å². The number of aryl methyl sites for hydroxylation is 1. The summed E-state index contributed by atoms with van der Waals surface area (Å²) in [6.07, 6.45) is 2.12. The Hall–Kier alpha value is -1.86. The number of benzene rings is 1. The Balaban J connectivity index is 2.64. The maximum Gasteiger partial charge on any atom is 0.251 e. The SMILES string of the molecule is CC(CO)NC(=O)c1cccc(CCCC#N)c1. The Kier molecular flexibility index (Phi) is 5.89. The standard InChI is InChI=1S/C14H18N2O2/c1-11(10-17)16-14(18)13-7-4-6-12(9-13)5-2-3-8-15/h4,6-7,9,11,17H,2-3,5,10H2,1H3,(H,16,18).